The summed E-state index contributed by atoms with van der Waals surface area (Å²) in [6.07, 6.45) is 15.9. The lowest BCUT2D eigenvalue weighted by molar-refractivity contribution is 0.997. The van der Waals surface area contributed by atoms with Crippen molar-refractivity contribution in [3.8, 4) is 0 Å². The molecule has 0 aromatic heterocycles. The van der Waals surface area contributed by atoms with Crippen molar-refractivity contribution in [2.75, 3.05) is 0 Å². The first-order valence-electron chi connectivity index (χ1n) is 10.8. The third-order valence-corrected chi connectivity index (χ3v) is 11.8. The van der Waals surface area contributed by atoms with Crippen molar-refractivity contribution in [3.05, 3.63) is 139 Å². The molecule has 0 N–H and O–H groups in total. The summed E-state index contributed by atoms with van der Waals surface area (Å²) in [5.41, 5.74) is 3.50. The van der Waals surface area contributed by atoms with Gasteiger partial charge < -0.3 is 0 Å². The van der Waals surface area contributed by atoms with Gasteiger partial charge in [-0.3, -0.25) is 0 Å². The van der Waals surface area contributed by atoms with Gasteiger partial charge in [0.2, 0.25) is 0 Å². The summed E-state index contributed by atoms with van der Waals surface area (Å²) in [5, 5.41) is 4.44. The highest BCUT2D eigenvalue weighted by Crippen LogP contribution is 2.42. The molecule has 3 aromatic rings. The fourth-order valence-corrected chi connectivity index (χ4v) is 10.9. The van der Waals surface area contributed by atoms with Crippen LogP contribution in [0.4, 0.5) is 0 Å². The summed E-state index contributed by atoms with van der Waals surface area (Å²) >= 11 is 0. The second-order valence-corrected chi connectivity index (χ2v) is 12.0. The van der Waals surface area contributed by atoms with Crippen molar-refractivity contribution in [1.82, 2.24) is 0 Å². The van der Waals surface area contributed by atoms with E-state index in [-0.39, 0.29) is 0 Å². The number of hydrogen-bond acceptors (Lipinski definition) is 0. The Hall–Kier alpha value is -3.16. The molecule has 0 saturated carbocycles. The highest BCUT2D eigenvalue weighted by atomic mass is 28.3. The molecule has 5 rings (SSSR count). The van der Waals surface area contributed by atoms with E-state index in [9.17, 15) is 0 Å². The van der Waals surface area contributed by atoms with Crippen LogP contribution in [0.2, 0.25) is 5.54 Å². The van der Waals surface area contributed by atoms with Gasteiger partial charge in [-0.2, -0.15) is 0 Å². The molecule has 2 aliphatic rings. The second-order valence-electron chi connectivity index (χ2n) is 8.09. The van der Waals surface area contributed by atoms with Crippen LogP contribution in [-0.4, -0.2) is 8.07 Å². The quantitative estimate of drug-likeness (QED) is 0.388. The van der Waals surface area contributed by atoms with E-state index in [0.29, 0.717) is 5.54 Å². The molecule has 30 heavy (non-hydrogen) atoms. The van der Waals surface area contributed by atoms with E-state index in [0.717, 1.165) is 12.8 Å². The molecule has 0 spiro atoms. The Kier molecular flexibility index (Phi) is 5.21. The van der Waals surface area contributed by atoms with Crippen LogP contribution in [0.5, 0.6) is 0 Å². The van der Waals surface area contributed by atoms with Crippen LogP contribution in [0.1, 0.15) is 12.8 Å². The summed E-state index contributed by atoms with van der Waals surface area (Å²) < 4.78 is 0. The Bertz CT molecular complexity index is 992. The smallest absolute Gasteiger partial charge is 0.0805 e. The number of benzene rings is 3. The maximum Gasteiger partial charge on any atom is 0.159 e. The molecule has 0 unspecified atom stereocenters. The summed E-state index contributed by atoms with van der Waals surface area (Å²) in [6.45, 7) is 0. The topological polar surface area (TPSA) is 0 Å². The molecule has 1 heteroatoms. The van der Waals surface area contributed by atoms with Crippen molar-refractivity contribution < 1.29 is 0 Å². The van der Waals surface area contributed by atoms with Crippen LogP contribution in [-0.2, 0) is 0 Å². The molecule has 0 bridgehead atoms. The highest BCUT2D eigenvalue weighted by molar-refractivity contribution is 7.13. The lowest BCUT2D eigenvalue weighted by Gasteiger charge is -2.42. The van der Waals surface area contributed by atoms with Gasteiger partial charge in [0.15, 0.2) is 8.07 Å². The Labute approximate surface area is 180 Å². The third kappa shape index (κ3) is 3.16. The molecule has 0 atom stereocenters. The van der Waals surface area contributed by atoms with E-state index in [1.165, 1.54) is 15.6 Å². The summed E-state index contributed by atoms with van der Waals surface area (Å²) in [4.78, 5) is 0. The molecule has 146 valence electrons. The molecule has 0 amide bonds. The molecule has 0 radical (unpaired) electrons. The van der Waals surface area contributed by atoms with Crippen molar-refractivity contribution in [2.24, 2.45) is 0 Å². The van der Waals surface area contributed by atoms with Gasteiger partial charge in [0.1, 0.15) is 0 Å². The van der Waals surface area contributed by atoms with Gasteiger partial charge in [-0.15, -0.1) is 0 Å². The average molecular weight is 403 g/mol. The predicted octanol–water partition coefficient (Wildman–Crippen LogP) is 5.30. The normalized spacial score (nSPS) is 15.5. The van der Waals surface area contributed by atoms with Gasteiger partial charge >= 0.3 is 0 Å². The van der Waals surface area contributed by atoms with E-state index in [1.807, 2.05) is 0 Å². The minimum Gasteiger partial charge on any atom is -0.0805 e. The van der Waals surface area contributed by atoms with E-state index in [1.54, 1.807) is 11.1 Å². The van der Waals surface area contributed by atoms with Crippen molar-refractivity contribution in [3.63, 3.8) is 0 Å². The summed E-state index contributed by atoms with van der Waals surface area (Å²) in [6, 6.07) is 33.9. The van der Waals surface area contributed by atoms with Crippen LogP contribution in [0, 0.1) is 0 Å². The van der Waals surface area contributed by atoms with Gasteiger partial charge in [-0.1, -0.05) is 139 Å². The maximum atomic E-state index is 2.38. The van der Waals surface area contributed by atoms with Crippen LogP contribution < -0.4 is 15.6 Å². The summed E-state index contributed by atoms with van der Waals surface area (Å²) in [7, 11) is -2.40. The molecule has 0 aliphatic heterocycles. The van der Waals surface area contributed by atoms with Crippen LogP contribution in [0.25, 0.3) is 0 Å². The maximum absolute atomic E-state index is 2.40. The van der Waals surface area contributed by atoms with Gasteiger partial charge in [-0.05, 0) is 28.4 Å². The fourth-order valence-electron chi connectivity index (χ4n) is 5.25. The van der Waals surface area contributed by atoms with Crippen LogP contribution in [0.3, 0.4) is 0 Å². The average Bonchev–Trinajstić information content (AvgIpc) is 3.54. The van der Waals surface area contributed by atoms with Gasteiger partial charge in [0.25, 0.3) is 0 Å². The molecular weight excluding hydrogens is 376 g/mol. The predicted molar refractivity (Wildman–Crippen MR) is 131 cm³/mol. The van der Waals surface area contributed by atoms with Crippen LogP contribution >= 0.6 is 0 Å². The van der Waals surface area contributed by atoms with E-state index in [2.05, 4.69) is 127 Å². The number of rotatable bonds is 6. The minimum absolute atomic E-state index is 0.398. The Morgan fingerprint density at radius 2 is 0.867 bits per heavy atom. The summed E-state index contributed by atoms with van der Waals surface area (Å²) in [5.74, 6) is 0. The SMILES string of the molecule is C1=CCC(C(C2=CC=CC2)[Si](c2ccccc2)(c2ccccc2)c2ccccc2)=C1. The van der Waals surface area contributed by atoms with Gasteiger partial charge in [-0.25, -0.2) is 0 Å². The molecule has 3 aromatic carbocycles. The Balaban J connectivity index is 1.87. The highest BCUT2D eigenvalue weighted by Gasteiger charge is 2.49. The molecular formula is C29H26Si. The lowest BCUT2D eigenvalue weighted by atomic mass is 10.0. The zero-order chi connectivity index (χ0) is 20.2. The Morgan fingerprint density at radius 1 is 0.500 bits per heavy atom. The third-order valence-electron chi connectivity index (χ3n) is 6.46. The zero-order valence-corrected chi connectivity index (χ0v) is 18.1. The van der Waals surface area contributed by atoms with E-state index in [4.69, 9.17) is 0 Å². The first-order valence-corrected chi connectivity index (χ1v) is 12.9. The second kappa shape index (κ2) is 8.29. The first-order chi connectivity index (χ1) is 14.9. The molecule has 0 saturated heterocycles. The van der Waals surface area contributed by atoms with Gasteiger partial charge in [0.05, 0.1) is 0 Å². The molecule has 0 nitrogen and oxygen atoms in total. The van der Waals surface area contributed by atoms with Gasteiger partial charge in [0, 0.05) is 5.54 Å². The Morgan fingerprint density at radius 3 is 1.17 bits per heavy atom. The number of hydrogen-bond donors (Lipinski definition) is 0. The first kappa shape index (κ1) is 18.8. The van der Waals surface area contributed by atoms with Crippen molar-refractivity contribution in [2.45, 2.75) is 18.4 Å². The van der Waals surface area contributed by atoms with Crippen molar-refractivity contribution in [1.29, 1.82) is 0 Å². The lowest BCUT2D eigenvalue weighted by Crippen LogP contribution is -2.70. The fraction of sp³-hybridized carbons (Fsp3) is 0.103. The van der Waals surface area contributed by atoms with Crippen LogP contribution in [0.15, 0.2) is 139 Å². The number of allylic oxidation sites excluding steroid dienone is 8. The molecule has 0 heterocycles. The standard InChI is InChI=1S/C29H26Si/c1-4-18-26(19-5-1)30(27-20-6-2-7-21-27,28-22-8-3-9-23-28)29(24-14-10-11-15-24)25-16-12-13-17-25/h1-14,16,18-23,29H,15,17H2. The largest absolute Gasteiger partial charge is 0.159 e. The van der Waals surface area contributed by atoms with E-state index < -0.39 is 8.07 Å². The molecule has 2 aliphatic carbocycles. The van der Waals surface area contributed by atoms with Crippen molar-refractivity contribution >= 4 is 23.6 Å². The minimum atomic E-state index is -2.40. The zero-order valence-electron chi connectivity index (χ0n) is 17.1. The monoisotopic (exact) mass is 402 g/mol. The van der Waals surface area contributed by atoms with E-state index >= 15 is 0 Å². The molecule has 0 fully saturated rings.